The standard InChI is InChI=1S/C14H20N2O3/c1-4-5-12(16-9-14(15)17)11-8-10(18-2)6-7-13(11)19-3/h5-8,16H,4,9H2,1-3H3,(H2,15,17)/b12-5-. The Hall–Kier alpha value is -2.17. The van der Waals surface area contributed by atoms with Crippen LogP contribution in [0.2, 0.25) is 0 Å². The van der Waals surface area contributed by atoms with E-state index < -0.39 is 5.91 Å². The highest BCUT2D eigenvalue weighted by Crippen LogP contribution is 2.29. The lowest BCUT2D eigenvalue weighted by Gasteiger charge is -2.15. The number of carbonyl (C=O) groups is 1. The van der Waals surface area contributed by atoms with E-state index >= 15 is 0 Å². The Kier molecular flexibility index (Phi) is 5.73. The molecule has 104 valence electrons. The molecule has 3 N–H and O–H groups in total. The number of nitrogens with two attached hydrogens (primary N) is 1. The molecule has 0 saturated heterocycles. The zero-order chi connectivity index (χ0) is 14.3. The highest BCUT2D eigenvalue weighted by Gasteiger charge is 2.10. The third-order valence-electron chi connectivity index (χ3n) is 2.56. The number of hydrogen-bond acceptors (Lipinski definition) is 4. The SMILES string of the molecule is CC/C=C(\NCC(N)=O)c1cc(OC)ccc1OC. The van der Waals surface area contributed by atoms with Gasteiger partial charge in [-0.15, -0.1) is 0 Å². The Morgan fingerprint density at radius 3 is 2.63 bits per heavy atom. The minimum atomic E-state index is -0.413. The zero-order valence-corrected chi connectivity index (χ0v) is 11.5. The third kappa shape index (κ3) is 4.21. The summed E-state index contributed by atoms with van der Waals surface area (Å²) in [7, 11) is 3.20. The van der Waals surface area contributed by atoms with Gasteiger partial charge in [0.05, 0.1) is 20.8 Å². The van der Waals surface area contributed by atoms with Crippen LogP contribution in [0.4, 0.5) is 0 Å². The van der Waals surface area contributed by atoms with Crippen molar-refractivity contribution in [3.8, 4) is 11.5 Å². The molecule has 0 spiro atoms. The first-order valence-corrected chi connectivity index (χ1v) is 6.07. The second kappa shape index (κ2) is 7.31. The van der Waals surface area contributed by atoms with Crippen molar-refractivity contribution in [2.75, 3.05) is 20.8 Å². The van der Waals surface area contributed by atoms with Crippen LogP contribution in [0.15, 0.2) is 24.3 Å². The van der Waals surface area contributed by atoms with Crippen LogP contribution in [0.5, 0.6) is 11.5 Å². The Balaban J connectivity index is 3.12. The largest absolute Gasteiger partial charge is 0.497 e. The lowest BCUT2D eigenvalue weighted by atomic mass is 10.1. The van der Waals surface area contributed by atoms with Gasteiger partial charge in [0, 0.05) is 11.3 Å². The molecule has 0 aliphatic carbocycles. The van der Waals surface area contributed by atoms with Crippen molar-refractivity contribution < 1.29 is 14.3 Å². The van der Waals surface area contributed by atoms with Crippen molar-refractivity contribution in [1.82, 2.24) is 5.32 Å². The molecule has 1 aromatic rings. The first kappa shape index (κ1) is 14.9. The summed E-state index contributed by atoms with van der Waals surface area (Å²) in [6.07, 6.45) is 2.79. The number of allylic oxidation sites excluding steroid dienone is 1. The topological polar surface area (TPSA) is 73.6 Å². The molecule has 1 rings (SSSR count). The molecule has 0 unspecified atom stereocenters. The first-order valence-electron chi connectivity index (χ1n) is 6.07. The Labute approximate surface area is 113 Å². The lowest BCUT2D eigenvalue weighted by molar-refractivity contribution is -0.117. The summed E-state index contributed by atoms with van der Waals surface area (Å²) in [5.74, 6) is 1.01. The Bertz CT molecular complexity index is 470. The van der Waals surface area contributed by atoms with E-state index in [0.717, 1.165) is 23.4 Å². The van der Waals surface area contributed by atoms with Gasteiger partial charge in [-0.3, -0.25) is 4.79 Å². The summed E-state index contributed by atoms with van der Waals surface area (Å²) >= 11 is 0. The van der Waals surface area contributed by atoms with Crippen molar-refractivity contribution >= 4 is 11.6 Å². The fourth-order valence-corrected chi connectivity index (χ4v) is 1.69. The molecule has 0 radical (unpaired) electrons. The average molecular weight is 264 g/mol. The molecular weight excluding hydrogens is 244 g/mol. The fourth-order valence-electron chi connectivity index (χ4n) is 1.69. The van der Waals surface area contributed by atoms with Crippen LogP contribution in [0.1, 0.15) is 18.9 Å². The van der Waals surface area contributed by atoms with Gasteiger partial charge in [0.2, 0.25) is 5.91 Å². The number of nitrogens with one attached hydrogen (secondary N) is 1. The van der Waals surface area contributed by atoms with Gasteiger partial charge in [-0.25, -0.2) is 0 Å². The smallest absolute Gasteiger partial charge is 0.236 e. The number of rotatable bonds is 7. The number of amides is 1. The van der Waals surface area contributed by atoms with Crippen LogP contribution in [-0.4, -0.2) is 26.7 Å². The van der Waals surface area contributed by atoms with Gasteiger partial charge in [0.1, 0.15) is 11.5 Å². The van der Waals surface area contributed by atoms with Crippen LogP contribution in [0.3, 0.4) is 0 Å². The molecule has 19 heavy (non-hydrogen) atoms. The first-order chi connectivity index (χ1) is 9.12. The van der Waals surface area contributed by atoms with Gasteiger partial charge in [-0.2, -0.15) is 0 Å². The molecule has 5 heteroatoms. The fraction of sp³-hybridized carbons (Fsp3) is 0.357. The number of methoxy groups -OCH3 is 2. The van der Waals surface area contributed by atoms with E-state index in [-0.39, 0.29) is 6.54 Å². The predicted molar refractivity (Wildman–Crippen MR) is 75.0 cm³/mol. The monoisotopic (exact) mass is 264 g/mol. The van der Waals surface area contributed by atoms with Crippen molar-refractivity contribution in [1.29, 1.82) is 0 Å². The maximum Gasteiger partial charge on any atom is 0.236 e. The van der Waals surface area contributed by atoms with E-state index in [1.54, 1.807) is 14.2 Å². The van der Waals surface area contributed by atoms with Gasteiger partial charge in [0.25, 0.3) is 0 Å². The van der Waals surface area contributed by atoms with E-state index in [2.05, 4.69) is 5.32 Å². The maximum absolute atomic E-state index is 10.9. The average Bonchev–Trinajstić information content (AvgIpc) is 2.42. The number of carbonyl (C=O) groups excluding carboxylic acids is 1. The van der Waals surface area contributed by atoms with Crippen LogP contribution >= 0.6 is 0 Å². The minimum absolute atomic E-state index is 0.0756. The molecule has 1 amide bonds. The number of benzene rings is 1. The molecule has 0 aliphatic rings. The molecule has 5 nitrogen and oxygen atoms in total. The zero-order valence-electron chi connectivity index (χ0n) is 11.5. The molecule has 0 saturated carbocycles. The Morgan fingerprint density at radius 1 is 1.37 bits per heavy atom. The van der Waals surface area contributed by atoms with Crippen LogP contribution in [0, 0.1) is 0 Å². The van der Waals surface area contributed by atoms with Crippen molar-refractivity contribution in [3.05, 3.63) is 29.8 Å². The molecular formula is C14H20N2O3. The minimum Gasteiger partial charge on any atom is -0.497 e. The summed E-state index contributed by atoms with van der Waals surface area (Å²) in [5, 5.41) is 3.01. The lowest BCUT2D eigenvalue weighted by Crippen LogP contribution is -2.27. The van der Waals surface area contributed by atoms with E-state index in [1.165, 1.54) is 0 Å². The Morgan fingerprint density at radius 2 is 2.11 bits per heavy atom. The third-order valence-corrected chi connectivity index (χ3v) is 2.56. The molecule has 0 heterocycles. The van der Waals surface area contributed by atoms with Crippen molar-refractivity contribution in [2.45, 2.75) is 13.3 Å². The summed E-state index contributed by atoms with van der Waals surface area (Å²) in [4.78, 5) is 10.9. The molecule has 0 atom stereocenters. The summed E-state index contributed by atoms with van der Waals surface area (Å²) in [6, 6.07) is 5.50. The normalized spacial score (nSPS) is 11.0. The van der Waals surface area contributed by atoms with E-state index in [4.69, 9.17) is 15.2 Å². The van der Waals surface area contributed by atoms with Gasteiger partial charge in [0.15, 0.2) is 0 Å². The van der Waals surface area contributed by atoms with Gasteiger partial charge >= 0.3 is 0 Å². The highest BCUT2D eigenvalue weighted by atomic mass is 16.5. The van der Waals surface area contributed by atoms with E-state index in [1.807, 2.05) is 31.2 Å². The highest BCUT2D eigenvalue weighted by molar-refractivity contribution is 5.79. The van der Waals surface area contributed by atoms with Crippen molar-refractivity contribution in [3.63, 3.8) is 0 Å². The number of hydrogen-bond donors (Lipinski definition) is 2. The molecule has 0 aliphatic heterocycles. The van der Waals surface area contributed by atoms with Crippen molar-refractivity contribution in [2.24, 2.45) is 5.73 Å². The second-order valence-electron chi connectivity index (χ2n) is 3.91. The van der Waals surface area contributed by atoms with E-state index in [0.29, 0.717) is 5.75 Å². The summed E-state index contributed by atoms with van der Waals surface area (Å²) in [6.45, 7) is 2.09. The molecule has 1 aromatic carbocycles. The van der Waals surface area contributed by atoms with Crippen LogP contribution < -0.4 is 20.5 Å². The van der Waals surface area contributed by atoms with Crippen LogP contribution in [-0.2, 0) is 4.79 Å². The van der Waals surface area contributed by atoms with Gasteiger partial charge in [-0.05, 0) is 24.6 Å². The van der Waals surface area contributed by atoms with E-state index in [9.17, 15) is 4.79 Å². The van der Waals surface area contributed by atoms with Gasteiger partial charge in [-0.1, -0.05) is 13.0 Å². The molecule has 0 fully saturated rings. The summed E-state index contributed by atoms with van der Waals surface area (Å²) in [5.41, 5.74) is 6.80. The quantitative estimate of drug-likeness (QED) is 0.783. The number of ether oxygens (including phenoxy) is 2. The molecule has 0 bridgehead atoms. The summed E-state index contributed by atoms with van der Waals surface area (Å²) < 4.78 is 10.5. The predicted octanol–water partition coefficient (Wildman–Crippen LogP) is 1.53. The molecule has 0 aromatic heterocycles. The van der Waals surface area contributed by atoms with Crippen LogP contribution in [0.25, 0.3) is 5.70 Å². The second-order valence-corrected chi connectivity index (χ2v) is 3.91. The maximum atomic E-state index is 10.9. The van der Waals surface area contributed by atoms with Gasteiger partial charge < -0.3 is 20.5 Å². The number of primary amides is 1.